The molecule has 0 spiro atoms. The fourth-order valence-electron chi connectivity index (χ4n) is 1.60. The van der Waals surface area contributed by atoms with E-state index in [4.69, 9.17) is 11.6 Å². The molecule has 1 aromatic heterocycles. The molecule has 1 aromatic carbocycles. The Hall–Kier alpha value is -0.420. The van der Waals surface area contributed by atoms with Crippen LogP contribution in [0.1, 0.15) is 22.1 Å². The van der Waals surface area contributed by atoms with Crippen LogP contribution >= 0.6 is 38.9 Å². The molecule has 90 valence electrons. The third-order valence-corrected chi connectivity index (χ3v) is 4.99. The smallest absolute Gasteiger partial charge is 0.123 e. The first-order valence-electron chi connectivity index (χ1n) is 4.88. The Morgan fingerprint density at radius 1 is 1.41 bits per heavy atom. The number of benzene rings is 1. The molecule has 1 atom stereocenters. The van der Waals surface area contributed by atoms with Crippen LogP contribution in [0, 0.1) is 12.7 Å². The molecule has 2 aromatic rings. The first-order valence-corrected chi connectivity index (χ1v) is 6.86. The van der Waals surface area contributed by atoms with Gasteiger partial charge in [-0.3, -0.25) is 0 Å². The fraction of sp³-hybridized carbons (Fsp3) is 0.167. The van der Waals surface area contributed by atoms with Crippen molar-refractivity contribution < 1.29 is 9.50 Å². The lowest BCUT2D eigenvalue weighted by Gasteiger charge is -2.11. The van der Waals surface area contributed by atoms with E-state index >= 15 is 0 Å². The Balaban J connectivity index is 2.39. The van der Waals surface area contributed by atoms with Crippen LogP contribution in [-0.4, -0.2) is 5.11 Å². The highest BCUT2D eigenvalue weighted by Crippen LogP contribution is 2.38. The van der Waals surface area contributed by atoms with Crippen LogP contribution in [0.2, 0.25) is 5.02 Å². The number of thiophene rings is 1. The number of aliphatic hydroxyl groups excluding tert-OH is 1. The normalized spacial score (nSPS) is 12.8. The molecule has 1 N–H and O–H groups in total. The first-order chi connectivity index (χ1) is 7.99. The quantitative estimate of drug-likeness (QED) is 0.844. The minimum Gasteiger partial charge on any atom is -0.383 e. The maximum absolute atomic E-state index is 13.0. The first kappa shape index (κ1) is 13.0. The van der Waals surface area contributed by atoms with E-state index in [1.165, 1.54) is 23.5 Å². The minimum absolute atomic E-state index is 0.302. The minimum atomic E-state index is -0.774. The van der Waals surface area contributed by atoms with Crippen molar-refractivity contribution in [2.45, 2.75) is 13.0 Å². The van der Waals surface area contributed by atoms with Crippen LogP contribution in [0.3, 0.4) is 0 Å². The molecule has 1 nitrogen and oxygen atoms in total. The number of hydrogen-bond donors (Lipinski definition) is 1. The second-order valence-electron chi connectivity index (χ2n) is 3.67. The Kier molecular flexibility index (Phi) is 3.88. The highest BCUT2D eigenvalue weighted by molar-refractivity contribution is 9.11. The van der Waals surface area contributed by atoms with Crippen molar-refractivity contribution in [2.75, 3.05) is 0 Å². The molecular formula is C12H9BrClFOS. The summed E-state index contributed by atoms with van der Waals surface area (Å²) in [6.07, 6.45) is -0.774. The van der Waals surface area contributed by atoms with Gasteiger partial charge in [0.15, 0.2) is 0 Å². The molecule has 5 heteroatoms. The summed E-state index contributed by atoms with van der Waals surface area (Å²) >= 11 is 10.6. The lowest BCUT2D eigenvalue weighted by molar-refractivity contribution is 0.223. The second kappa shape index (κ2) is 5.06. The Morgan fingerprint density at radius 2 is 2.12 bits per heavy atom. The van der Waals surface area contributed by atoms with E-state index in [-0.39, 0.29) is 5.82 Å². The van der Waals surface area contributed by atoms with Crippen LogP contribution in [0.15, 0.2) is 28.1 Å². The summed E-state index contributed by atoms with van der Waals surface area (Å²) in [7, 11) is 0. The summed E-state index contributed by atoms with van der Waals surface area (Å²) in [4.78, 5) is 0.733. The van der Waals surface area contributed by atoms with Crippen LogP contribution in [0.4, 0.5) is 4.39 Å². The van der Waals surface area contributed by atoms with E-state index in [9.17, 15) is 9.50 Å². The van der Waals surface area contributed by atoms with E-state index in [2.05, 4.69) is 15.9 Å². The van der Waals surface area contributed by atoms with Crippen molar-refractivity contribution in [3.05, 3.63) is 54.9 Å². The van der Waals surface area contributed by atoms with Gasteiger partial charge in [0.05, 0.1) is 8.81 Å². The van der Waals surface area contributed by atoms with Crippen LogP contribution in [-0.2, 0) is 0 Å². The Morgan fingerprint density at radius 3 is 2.65 bits per heavy atom. The molecule has 0 amide bonds. The molecule has 0 saturated carbocycles. The maximum Gasteiger partial charge on any atom is 0.123 e. The van der Waals surface area contributed by atoms with Gasteiger partial charge in [0, 0.05) is 4.88 Å². The number of aryl methyl sites for hydroxylation is 1. The zero-order valence-electron chi connectivity index (χ0n) is 8.88. The van der Waals surface area contributed by atoms with Crippen LogP contribution in [0.5, 0.6) is 0 Å². The summed E-state index contributed by atoms with van der Waals surface area (Å²) in [6.45, 7) is 1.77. The molecule has 0 fully saturated rings. The molecule has 2 rings (SSSR count). The summed E-state index contributed by atoms with van der Waals surface area (Å²) in [5.74, 6) is -0.302. The number of aliphatic hydroxyl groups is 1. The Labute approximate surface area is 116 Å². The molecule has 0 bridgehead atoms. The Bertz CT molecular complexity index is 536. The highest BCUT2D eigenvalue weighted by atomic mass is 79.9. The van der Waals surface area contributed by atoms with Crippen molar-refractivity contribution in [3.8, 4) is 0 Å². The van der Waals surface area contributed by atoms with Gasteiger partial charge in [-0.05, 0) is 52.2 Å². The predicted octanol–water partition coefficient (Wildman–Crippen LogP) is 4.69. The average molecular weight is 336 g/mol. The molecule has 0 radical (unpaired) electrons. The molecule has 1 heterocycles. The standard InChI is InChI=1S/C12H9BrClFOS/c1-6-4-7(15)2-3-8(6)11(16)10-5-9(14)12(13)17-10/h2-5,11,16H,1H3. The summed E-state index contributed by atoms with van der Waals surface area (Å²) in [6, 6.07) is 6.05. The number of hydrogen-bond acceptors (Lipinski definition) is 2. The molecular weight excluding hydrogens is 327 g/mol. The average Bonchev–Trinajstić information content (AvgIpc) is 2.58. The monoisotopic (exact) mass is 334 g/mol. The van der Waals surface area contributed by atoms with Gasteiger partial charge in [-0.2, -0.15) is 0 Å². The highest BCUT2D eigenvalue weighted by Gasteiger charge is 2.17. The van der Waals surface area contributed by atoms with Gasteiger partial charge in [0.25, 0.3) is 0 Å². The maximum atomic E-state index is 13.0. The van der Waals surface area contributed by atoms with E-state index in [1.54, 1.807) is 19.1 Å². The number of halogens is 3. The molecule has 0 saturated heterocycles. The van der Waals surface area contributed by atoms with Crippen molar-refractivity contribution in [1.29, 1.82) is 0 Å². The summed E-state index contributed by atoms with van der Waals surface area (Å²) in [5.41, 5.74) is 1.41. The van der Waals surface area contributed by atoms with E-state index < -0.39 is 6.10 Å². The van der Waals surface area contributed by atoms with Crippen molar-refractivity contribution in [2.24, 2.45) is 0 Å². The SMILES string of the molecule is Cc1cc(F)ccc1C(O)c1cc(Cl)c(Br)s1. The lowest BCUT2D eigenvalue weighted by atomic mass is 10.0. The largest absolute Gasteiger partial charge is 0.383 e. The lowest BCUT2D eigenvalue weighted by Crippen LogP contribution is -2.00. The van der Waals surface area contributed by atoms with Crippen molar-refractivity contribution in [3.63, 3.8) is 0 Å². The molecule has 17 heavy (non-hydrogen) atoms. The van der Waals surface area contributed by atoms with E-state index in [0.717, 1.165) is 14.2 Å². The second-order valence-corrected chi connectivity index (χ2v) is 6.48. The third-order valence-electron chi connectivity index (χ3n) is 2.46. The fourth-order valence-corrected chi connectivity index (χ4v) is 3.35. The van der Waals surface area contributed by atoms with Gasteiger partial charge in [0.2, 0.25) is 0 Å². The summed E-state index contributed by atoms with van der Waals surface area (Å²) < 4.78 is 13.8. The van der Waals surface area contributed by atoms with Gasteiger partial charge in [-0.25, -0.2) is 4.39 Å². The molecule has 0 aliphatic heterocycles. The van der Waals surface area contributed by atoms with Crippen molar-refractivity contribution >= 4 is 38.9 Å². The van der Waals surface area contributed by atoms with E-state index in [0.29, 0.717) is 10.6 Å². The van der Waals surface area contributed by atoms with E-state index in [1.807, 2.05) is 0 Å². The zero-order valence-corrected chi connectivity index (χ0v) is 12.0. The molecule has 0 aliphatic carbocycles. The van der Waals surface area contributed by atoms with Gasteiger partial charge in [-0.1, -0.05) is 17.7 Å². The predicted molar refractivity (Wildman–Crippen MR) is 72.2 cm³/mol. The topological polar surface area (TPSA) is 20.2 Å². The van der Waals surface area contributed by atoms with Crippen molar-refractivity contribution in [1.82, 2.24) is 0 Å². The molecule has 0 aliphatic rings. The van der Waals surface area contributed by atoms with Crippen LogP contribution < -0.4 is 0 Å². The third kappa shape index (κ3) is 2.71. The van der Waals surface area contributed by atoms with Gasteiger partial charge in [0.1, 0.15) is 11.9 Å². The molecule has 1 unspecified atom stereocenters. The van der Waals surface area contributed by atoms with Gasteiger partial charge in [-0.15, -0.1) is 11.3 Å². The van der Waals surface area contributed by atoms with Crippen LogP contribution in [0.25, 0.3) is 0 Å². The summed E-state index contributed by atoms with van der Waals surface area (Å²) in [5, 5.41) is 10.8. The van der Waals surface area contributed by atoms with Gasteiger partial charge >= 0.3 is 0 Å². The van der Waals surface area contributed by atoms with Gasteiger partial charge < -0.3 is 5.11 Å². The number of rotatable bonds is 2. The zero-order chi connectivity index (χ0) is 12.6.